The monoisotopic (exact) mass is 332 g/mol. The lowest BCUT2D eigenvalue weighted by Gasteiger charge is -2.09. The molecule has 0 spiro atoms. The number of rotatable bonds is 4. The second kappa shape index (κ2) is 6.30. The Morgan fingerprint density at radius 3 is 2.77 bits per heavy atom. The number of pyridine rings is 1. The van der Waals surface area contributed by atoms with Crippen molar-refractivity contribution in [3.05, 3.63) is 23.2 Å². The van der Waals surface area contributed by atoms with E-state index in [-0.39, 0.29) is 17.2 Å². The minimum atomic E-state index is -4.63. The summed E-state index contributed by atoms with van der Waals surface area (Å²) in [6, 6.07) is 3.12. The fourth-order valence-corrected chi connectivity index (χ4v) is 2.75. The Balaban J connectivity index is 2.39. The highest BCUT2D eigenvalue weighted by atomic mass is 32.1. The molecular weight excluding hydrogens is 321 g/mol. The summed E-state index contributed by atoms with van der Waals surface area (Å²) in [4.78, 5) is 27.9. The van der Waals surface area contributed by atoms with E-state index in [1.165, 1.54) is 6.20 Å². The third-order valence-corrected chi connectivity index (χ3v) is 3.65. The lowest BCUT2D eigenvalue weighted by molar-refractivity contribution is -0.150. The first-order chi connectivity index (χ1) is 10.3. The van der Waals surface area contributed by atoms with Gasteiger partial charge in [-0.1, -0.05) is 0 Å². The van der Waals surface area contributed by atoms with E-state index < -0.39 is 24.5 Å². The van der Waals surface area contributed by atoms with Crippen LogP contribution in [0.5, 0.6) is 0 Å². The number of carbonyl (C=O) groups is 2. The molecule has 9 heteroatoms. The molecule has 0 atom stereocenters. The van der Waals surface area contributed by atoms with Gasteiger partial charge < -0.3 is 10.1 Å². The number of thiophene rings is 1. The van der Waals surface area contributed by atoms with Gasteiger partial charge >= 0.3 is 12.1 Å². The number of carbonyl (C=O) groups excluding carboxylic acids is 2. The molecule has 0 bridgehead atoms. The van der Waals surface area contributed by atoms with Crippen LogP contribution in [-0.2, 0) is 9.53 Å². The summed E-state index contributed by atoms with van der Waals surface area (Å²) in [6.45, 7) is 1.71. The number of esters is 1. The van der Waals surface area contributed by atoms with Gasteiger partial charge in [-0.05, 0) is 19.1 Å². The Hall–Kier alpha value is -2.16. The average Bonchev–Trinajstić information content (AvgIpc) is 2.76. The van der Waals surface area contributed by atoms with Gasteiger partial charge in [0.15, 0.2) is 0 Å². The smallest absolute Gasteiger partial charge is 0.397 e. The first-order valence-corrected chi connectivity index (χ1v) is 7.04. The zero-order valence-electron chi connectivity index (χ0n) is 11.4. The van der Waals surface area contributed by atoms with E-state index in [0.29, 0.717) is 10.2 Å². The first kappa shape index (κ1) is 16.2. The summed E-state index contributed by atoms with van der Waals surface area (Å²) in [5, 5.41) is 2.53. The van der Waals surface area contributed by atoms with Crippen molar-refractivity contribution in [3.63, 3.8) is 0 Å². The maximum Gasteiger partial charge on any atom is 0.397 e. The van der Waals surface area contributed by atoms with Gasteiger partial charge in [-0.15, -0.1) is 11.3 Å². The summed E-state index contributed by atoms with van der Waals surface area (Å²) in [6.07, 6.45) is -4.78. The van der Waals surface area contributed by atoms with Crippen molar-refractivity contribution < 1.29 is 27.5 Å². The van der Waals surface area contributed by atoms with Crippen LogP contribution >= 0.6 is 11.3 Å². The molecule has 5 nitrogen and oxygen atoms in total. The third-order valence-electron chi connectivity index (χ3n) is 2.55. The highest BCUT2D eigenvalue weighted by molar-refractivity contribution is 7.21. The van der Waals surface area contributed by atoms with Gasteiger partial charge in [0.25, 0.3) is 0 Å². The standard InChI is InChI=1S/C13H11F3N2O3S/c1-2-21-12(20)10-9(18-8(19)6-13(14,15)16)7-4-3-5-17-11(7)22-10/h3-5H,2,6H2,1H3,(H,18,19). The summed E-state index contributed by atoms with van der Waals surface area (Å²) in [7, 11) is 0. The zero-order valence-corrected chi connectivity index (χ0v) is 12.2. The molecule has 0 aliphatic carbocycles. The van der Waals surface area contributed by atoms with E-state index in [1.54, 1.807) is 19.1 Å². The van der Waals surface area contributed by atoms with E-state index in [1.807, 2.05) is 0 Å². The number of nitrogens with zero attached hydrogens (tertiary/aromatic N) is 1. The Bertz CT molecular complexity index is 712. The van der Waals surface area contributed by atoms with Gasteiger partial charge in [-0.25, -0.2) is 9.78 Å². The zero-order chi connectivity index (χ0) is 16.3. The van der Waals surface area contributed by atoms with Gasteiger partial charge in [-0.3, -0.25) is 4.79 Å². The minimum absolute atomic E-state index is 0.000741. The van der Waals surface area contributed by atoms with Crippen LogP contribution in [0.25, 0.3) is 10.2 Å². The van der Waals surface area contributed by atoms with Crippen LogP contribution in [0.2, 0.25) is 0 Å². The van der Waals surface area contributed by atoms with Crippen molar-refractivity contribution in [2.75, 3.05) is 11.9 Å². The van der Waals surface area contributed by atoms with E-state index in [4.69, 9.17) is 4.74 Å². The molecule has 0 unspecified atom stereocenters. The highest BCUT2D eigenvalue weighted by Gasteiger charge is 2.32. The normalized spacial score (nSPS) is 11.5. The Kier molecular flexibility index (Phi) is 4.65. The number of hydrogen-bond acceptors (Lipinski definition) is 5. The Labute approximate surface area is 127 Å². The molecule has 2 aromatic rings. The van der Waals surface area contributed by atoms with Crippen LogP contribution in [0.15, 0.2) is 18.3 Å². The number of hydrogen-bond donors (Lipinski definition) is 1. The number of halogens is 3. The van der Waals surface area contributed by atoms with Gasteiger partial charge in [0.1, 0.15) is 16.1 Å². The third kappa shape index (κ3) is 3.73. The summed E-state index contributed by atoms with van der Waals surface area (Å²) in [5.41, 5.74) is 0.000741. The molecule has 2 aromatic heterocycles. The van der Waals surface area contributed by atoms with Crippen LogP contribution in [0.1, 0.15) is 23.0 Å². The molecule has 1 N–H and O–H groups in total. The molecule has 22 heavy (non-hydrogen) atoms. The maximum atomic E-state index is 12.3. The number of ether oxygens (including phenoxy) is 1. The van der Waals surface area contributed by atoms with Crippen molar-refractivity contribution in [1.29, 1.82) is 0 Å². The van der Waals surface area contributed by atoms with Crippen molar-refractivity contribution in [1.82, 2.24) is 4.98 Å². The lowest BCUT2D eigenvalue weighted by Crippen LogP contribution is -2.22. The van der Waals surface area contributed by atoms with Gasteiger partial charge in [0.2, 0.25) is 5.91 Å². The predicted molar refractivity (Wildman–Crippen MR) is 74.9 cm³/mol. The Morgan fingerprint density at radius 1 is 1.41 bits per heavy atom. The molecule has 0 aromatic carbocycles. The molecule has 0 aliphatic heterocycles. The summed E-state index contributed by atoms with van der Waals surface area (Å²) < 4.78 is 41.6. The number of alkyl halides is 3. The van der Waals surface area contributed by atoms with Gasteiger partial charge in [0.05, 0.1) is 12.3 Å². The molecule has 0 radical (unpaired) electrons. The fraction of sp³-hybridized carbons (Fsp3) is 0.308. The van der Waals surface area contributed by atoms with Gasteiger partial charge in [-0.2, -0.15) is 13.2 Å². The van der Waals surface area contributed by atoms with Gasteiger partial charge in [0, 0.05) is 11.6 Å². The Morgan fingerprint density at radius 2 is 2.14 bits per heavy atom. The SMILES string of the molecule is CCOC(=O)c1sc2ncccc2c1NC(=O)CC(F)(F)F. The summed E-state index contributed by atoms with van der Waals surface area (Å²) in [5.74, 6) is -1.96. The molecular formula is C13H11F3N2O3S. The largest absolute Gasteiger partial charge is 0.462 e. The van der Waals surface area contributed by atoms with Crippen LogP contribution in [0.4, 0.5) is 18.9 Å². The van der Waals surface area contributed by atoms with Crippen molar-refractivity contribution in [3.8, 4) is 0 Å². The predicted octanol–water partition coefficient (Wildman–Crippen LogP) is 3.36. The average molecular weight is 332 g/mol. The number of anilines is 1. The molecule has 1 amide bonds. The highest BCUT2D eigenvalue weighted by Crippen LogP contribution is 2.35. The molecule has 0 saturated carbocycles. The molecule has 2 rings (SSSR count). The number of fused-ring (bicyclic) bond motifs is 1. The van der Waals surface area contributed by atoms with Crippen molar-refractivity contribution in [2.45, 2.75) is 19.5 Å². The first-order valence-electron chi connectivity index (χ1n) is 6.23. The maximum absolute atomic E-state index is 12.3. The number of amides is 1. The van der Waals surface area contributed by atoms with E-state index in [9.17, 15) is 22.8 Å². The fourth-order valence-electron chi connectivity index (χ4n) is 1.76. The number of nitrogens with one attached hydrogen (secondary N) is 1. The molecule has 118 valence electrons. The topological polar surface area (TPSA) is 68.3 Å². The molecule has 0 aliphatic rings. The quantitative estimate of drug-likeness (QED) is 0.872. The van der Waals surface area contributed by atoms with E-state index in [0.717, 1.165) is 11.3 Å². The molecule has 2 heterocycles. The van der Waals surface area contributed by atoms with Crippen molar-refractivity contribution >= 4 is 39.1 Å². The van der Waals surface area contributed by atoms with Crippen LogP contribution < -0.4 is 5.32 Å². The summed E-state index contributed by atoms with van der Waals surface area (Å²) >= 11 is 0.950. The minimum Gasteiger partial charge on any atom is -0.462 e. The second-order valence-corrected chi connectivity index (χ2v) is 5.22. The van der Waals surface area contributed by atoms with Crippen LogP contribution in [0.3, 0.4) is 0 Å². The van der Waals surface area contributed by atoms with Crippen LogP contribution in [0, 0.1) is 0 Å². The number of aromatic nitrogens is 1. The second-order valence-electron chi connectivity index (χ2n) is 4.22. The molecule has 0 fully saturated rings. The van der Waals surface area contributed by atoms with E-state index in [2.05, 4.69) is 10.3 Å². The van der Waals surface area contributed by atoms with E-state index >= 15 is 0 Å². The van der Waals surface area contributed by atoms with Crippen molar-refractivity contribution in [2.24, 2.45) is 0 Å². The van der Waals surface area contributed by atoms with Crippen LogP contribution in [-0.4, -0.2) is 29.6 Å². The molecule has 0 saturated heterocycles. The lowest BCUT2D eigenvalue weighted by atomic mass is 10.2.